The van der Waals surface area contributed by atoms with Gasteiger partial charge in [-0.2, -0.15) is 0 Å². The van der Waals surface area contributed by atoms with Crippen molar-refractivity contribution in [1.29, 1.82) is 0 Å². The van der Waals surface area contributed by atoms with Gasteiger partial charge in [0.1, 0.15) is 11.5 Å². The fraction of sp³-hybridized carbons (Fsp3) is 0.412. The van der Waals surface area contributed by atoms with E-state index < -0.39 is 5.97 Å². The third-order valence-corrected chi connectivity index (χ3v) is 3.91. The number of furan rings is 1. The van der Waals surface area contributed by atoms with Gasteiger partial charge >= 0.3 is 5.97 Å². The Bertz CT molecular complexity index is 699. The number of nitrogens with one attached hydrogen (secondary N) is 1. The van der Waals surface area contributed by atoms with E-state index in [0.717, 1.165) is 11.5 Å². The van der Waals surface area contributed by atoms with Gasteiger partial charge in [0.2, 0.25) is 0 Å². The molecule has 6 nitrogen and oxygen atoms in total. The molecule has 0 saturated heterocycles. The molecular formula is C17H22N2O4. The van der Waals surface area contributed by atoms with E-state index in [0.29, 0.717) is 29.9 Å². The van der Waals surface area contributed by atoms with Crippen LogP contribution in [-0.4, -0.2) is 30.0 Å². The van der Waals surface area contributed by atoms with Crippen molar-refractivity contribution in [1.82, 2.24) is 9.88 Å². The summed E-state index contributed by atoms with van der Waals surface area (Å²) < 4.78 is 11.9. The second kappa shape index (κ2) is 7.28. The summed E-state index contributed by atoms with van der Waals surface area (Å²) in [4.78, 5) is 24.5. The van der Waals surface area contributed by atoms with E-state index in [1.807, 2.05) is 24.5 Å². The van der Waals surface area contributed by atoms with Gasteiger partial charge in [0.05, 0.1) is 26.5 Å². The van der Waals surface area contributed by atoms with Crippen molar-refractivity contribution in [2.24, 2.45) is 0 Å². The van der Waals surface area contributed by atoms with Gasteiger partial charge < -0.3 is 19.0 Å². The quantitative estimate of drug-likeness (QED) is 0.627. The van der Waals surface area contributed by atoms with E-state index in [9.17, 15) is 9.59 Å². The molecule has 0 aliphatic carbocycles. The van der Waals surface area contributed by atoms with Crippen LogP contribution in [0.4, 0.5) is 0 Å². The molecule has 6 heteroatoms. The van der Waals surface area contributed by atoms with Crippen LogP contribution in [0.2, 0.25) is 0 Å². The van der Waals surface area contributed by atoms with E-state index >= 15 is 0 Å². The molecule has 0 fully saturated rings. The standard InChI is InChI=1S/C17H22N2O4/c1-5-19-12(3)15(11(2)16(19)17(21)22-4)14(20)10-18-9-13-7-6-8-23-13/h6-8,18H,5,9-10H2,1-4H3. The lowest BCUT2D eigenvalue weighted by Gasteiger charge is -2.07. The summed E-state index contributed by atoms with van der Waals surface area (Å²) in [6.45, 7) is 6.83. The van der Waals surface area contributed by atoms with Crippen molar-refractivity contribution < 1.29 is 18.7 Å². The van der Waals surface area contributed by atoms with E-state index in [4.69, 9.17) is 9.15 Å². The highest BCUT2D eigenvalue weighted by Gasteiger charge is 2.25. The number of ketones is 1. The molecule has 2 aromatic rings. The van der Waals surface area contributed by atoms with Crippen molar-refractivity contribution in [2.45, 2.75) is 33.9 Å². The molecule has 0 saturated carbocycles. The molecule has 1 N–H and O–H groups in total. The summed E-state index contributed by atoms with van der Waals surface area (Å²) in [5.74, 6) is 0.298. The zero-order valence-corrected chi connectivity index (χ0v) is 13.9. The lowest BCUT2D eigenvalue weighted by Crippen LogP contribution is -2.23. The second-order valence-corrected chi connectivity index (χ2v) is 5.28. The first kappa shape index (κ1) is 17.0. The Morgan fingerprint density at radius 1 is 1.35 bits per heavy atom. The molecule has 0 atom stereocenters. The van der Waals surface area contributed by atoms with Crippen LogP contribution >= 0.6 is 0 Å². The number of hydrogen-bond donors (Lipinski definition) is 1. The number of aromatic nitrogens is 1. The smallest absolute Gasteiger partial charge is 0.354 e. The van der Waals surface area contributed by atoms with Gasteiger partial charge in [-0.05, 0) is 38.5 Å². The molecule has 0 aliphatic heterocycles. The predicted octanol–water partition coefficient (Wildman–Crippen LogP) is 2.48. The van der Waals surface area contributed by atoms with Crippen LogP contribution in [0, 0.1) is 13.8 Å². The van der Waals surface area contributed by atoms with E-state index in [2.05, 4.69) is 5.32 Å². The molecule has 0 aliphatic rings. The third-order valence-electron chi connectivity index (χ3n) is 3.91. The number of esters is 1. The third kappa shape index (κ3) is 3.37. The van der Waals surface area contributed by atoms with Crippen LogP contribution in [0.25, 0.3) is 0 Å². The zero-order chi connectivity index (χ0) is 17.0. The maximum Gasteiger partial charge on any atom is 0.354 e. The Labute approximate surface area is 135 Å². The minimum absolute atomic E-state index is 0.0519. The first-order valence-electron chi connectivity index (χ1n) is 7.55. The predicted molar refractivity (Wildman–Crippen MR) is 85.7 cm³/mol. The maximum absolute atomic E-state index is 12.5. The summed E-state index contributed by atoms with van der Waals surface area (Å²) in [6, 6.07) is 3.65. The summed E-state index contributed by atoms with van der Waals surface area (Å²) >= 11 is 0. The van der Waals surface area contributed by atoms with Gasteiger partial charge in [0.15, 0.2) is 5.78 Å². The number of ether oxygens (including phenoxy) is 1. The van der Waals surface area contributed by atoms with Crippen molar-refractivity contribution in [3.05, 3.63) is 46.7 Å². The topological polar surface area (TPSA) is 73.5 Å². The van der Waals surface area contributed by atoms with Gasteiger partial charge in [-0.25, -0.2) is 4.79 Å². The highest BCUT2D eigenvalue weighted by atomic mass is 16.5. The molecule has 2 heterocycles. The lowest BCUT2D eigenvalue weighted by atomic mass is 10.1. The molecule has 0 unspecified atom stereocenters. The fourth-order valence-corrected chi connectivity index (χ4v) is 2.86. The Morgan fingerprint density at radius 2 is 2.09 bits per heavy atom. The number of Topliss-reactive ketones (excluding diaryl/α,β-unsaturated/α-hetero) is 1. The van der Waals surface area contributed by atoms with E-state index in [1.165, 1.54) is 7.11 Å². The molecule has 0 radical (unpaired) electrons. The largest absolute Gasteiger partial charge is 0.468 e. The Hall–Kier alpha value is -2.34. The average molecular weight is 318 g/mol. The molecule has 124 valence electrons. The monoisotopic (exact) mass is 318 g/mol. The molecule has 2 rings (SSSR count). The highest BCUT2D eigenvalue weighted by Crippen LogP contribution is 2.23. The van der Waals surface area contributed by atoms with Crippen LogP contribution < -0.4 is 5.32 Å². The van der Waals surface area contributed by atoms with Crippen molar-refractivity contribution in [3.63, 3.8) is 0 Å². The fourth-order valence-electron chi connectivity index (χ4n) is 2.86. The molecule has 0 bridgehead atoms. The van der Waals surface area contributed by atoms with Crippen molar-refractivity contribution in [2.75, 3.05) is 13.7 Å². The van der Waals surface area contributed by atoms with Crippen LogP contribution in [0.3, 0.4) is 0 Å². The Balaban J connectivity index is 2.19. The summed E-state index contributed by atoms with van der Waals surface area (Å²) in [7, 11) is 1.34. The summed E-state index contributed by atoms with van der Waals surface area (Å²) in [6.07, 6.45) is 1.59. The number of rotatable bonds is 7. The number of methoxy groups -OCH3 is 1. The molecule has 0 amide bonds. The van der Waals surface area contributed by atoms with Crippen LogP contribution in [-0.2, 0) is 17.8 Å². The molecule has 23 heavy (non-hydrogen) atoms. The average Bonchev–Trinajstić information content (AvgIpc) is 3.12. The normalized spacial score (nSPS) is 10.8. The summed E-state index contributed by atoms with van der Waals surface area (Å²) in [5, 5.41) is 3.06. The minimum atomic E-state index is -0.421. The van der Waals surface area contributed by atoms with Crippen LogP contribution in [0.15, 0.2) is 22.8 Å². The lowest BCUT2D eigenvalue weighted by molar-refractivity contribution is 0.0587. The first-order valence-corrected chi connectivity index (χ1v) is 7.55. The van der Waals surface area contributed by atoms with Gasteiger partial charge in [0, 0.05) is 17.8 Å². The SMILES string of the molecule is CCn1c(C)c(C(=O)CNCc2ccco2)c(C)c1C(=O)OC. The van der Waals surface area contributed by atoms with E-state index in [1.54, 1.807) is 19.3 Å². The van der Waals surface area contributed by atoms with Crippen LogP contribution in [0.5, 0.6) is 0 Å². The highest BCUT2D eigenvalue weighted by molar-refractivity contribution is 6.03. The van der Waals surface area contributed by atoms with Gasteiger partial charge in [-0.15, -0.1) is 0 Å². The maximum atomic E-state index is 12.5. The van der Waals surface area contributed by atoms with Crippen molar-refractivity contribution >= 4 is 11.8 Å². The Morgan fingerprint density at radius 3 is 2.65 bits per heavy atom. The molecule has 0 spiro atoms. The van der Waals surface area contributed by atoms with Gasteiger partial charge in [-0.1, -0.05) is 0 Å². The van der Waals surface area contributed by atoms with Crippen molar-refractivity contribution in [3.8, 4) is 0 Å². The second-order valence-electron chi connectivity index (χ2n) is 5.28. The molecular weight excluding hydrogens is 296 g/mol. The number of carbonyl (C=O) groups excluding carboxylic acids is 2. The first-order chi connectivity index (χ1) is 11.0. The zero-order valence-electron chi connectivity index (χ0n) is 13.9. The molecule has 2 aromatic heterocycles. The number of hydrogen-bond acceptors (Lipinski definition) is 5. The van der Waals surface area contributed by atoms with E-state index in [-0.39, 0.29) is 12.3 Å². The Kier molecular flexibility index (Phi) is 5.39. The number of nitrogens with zero attached hydrogens (tertiary/aromatic N) is 1. The van der Waals surface area contributed by atoms with Crippen LogP contribution in [0.1, 0.15) is 44.8 Å². The van der Waals surface area contributed by atoms with Gasteiger partial charge in [0.25, 0.3) is 0 Å². The minimum Gasteiger partial charge on any atom is -0.468 e. The summed E-state index contributed by atoms with van der Waals surface area (Å²) in [5.41, 5.74) is 2.48. The number of carbonyl (C=O) groups is 2. The van der Waals surface area contributed by atoms with Gasteiger partial charge in [-0.3, -0.25) is 4.79 Å². The molecule has 0 aromatic carbocycles.